The normalized spacial score (nSPS) is 10.2. The van der Waals surface area contributed by atoms with E-state index in [4.69, 9.17) is 26.2 Å². The van der Waals surface area contributed by atoms with Gasteiger partial charge in [0.15, 0.2) is 0 Å². The number of carbonyl (C=O) groups excluding carboxylic acids is 1. The largest absolute Gasteiger partial charge is 0.478 e. The van der Waals surface area contributed by atoms with E-state index >= 15 is 0 Å². The second-order valence-corrected chi connectivity index (χ2v) is 4.42. The van der Waals surface area contributed by atoms with Gasteiger partial charge in [-0.05, 0) is 18.2 Å². The van der Waals surface area contributed by atoms with Crippen LogP contribution in [0.4, 0.5) is 10.5 Å². The number of hydrogen-bond donors (Lipinski definition) is 3. The summed E-state index contributed by atoms with van der Waals surface area (Å²) in [4.78, 5) is 22.7. The van der Waals surface area contributed by atoms with Gasteiger partial charge in [-0.15, -0.1) is 0 Å². The maximum absolute atomic E-state index is 11.6. The molecule has 0 saturated heterocycles. The zero-order chi connectivity index (χ0) is 15.7. The summed E-state index contributed by atoms with van der Waals surface area (Å²) in [6.07, 6.45) is 0. The number of carboxylic acids is 1. The van der Waals surface area contributed by atoms with Gasteiger partial charge < -0.3 is 25.2 Å². The van der Waals surface area contributed by atoms with Gasteiger partial charge in [0.05, 0.1) is 31.1 Å². The number of hydrogen-bond acceptors (Lipinski definition) is 4. The van der Waals surface area contributed by atoms with E-state index in [9.17, 15) is 9.59 Å². The molecule has 0 fully saturated rings. The van der Waals surface area contributed by atoms with Gasteiger partial charge in [0.25, 0.3) is 0 Å². The lowest BCUT2D eigenvalue weighted by atomic mass is 10.2. The molecule has 0 bridgehead atoms. The second-order valence-electron chi connectivity index (χ2n) is 3.98. The smallest absolute Gasteiger partial charge is 0.337 e. The molecular weight excluding hydrogens is 300 g/mol. The van der Waals surface area contributed by atoms with Crippen LogP contribution in [0.1, 0.15) is 10.4 Å². The molecule has 0 heterocycles. The van der Waals surface area contributed by atoms with E-state index in [2.05, 4.69) is 10.6 Å². The van der Waals surface area contributed by atoms with Crippen LogP contribution in [0.3, 0.4) is 0 Å². The molecule has 0 spiro atoms. The first-order valence-corrected chi connectivity index (χ1v) is 6.56. The topological polar surface area (TPSA) is 96.9 Å². The highest BCUT2D eigenvalue weighted by Gasteiger charge is 2.12. The van der Waals surface area contributed by atoms with E-state index in [0.717, 1.165) is 0 Å². The number of rotatable bonds is 8. The van der Waals surface area contributed by atoms with Crippen molar-refractivity contribution in [2.45, 2.75) is 0 Å². The van der Waals surface area contributed by atoms with Crippen molar-refractivity contribution in [1.29, 1.82) is 0 Å². The number of benzene rings is 1. The van der Waals surface area contributed by atoms with Gasteiger partial charge in [-0.2, -0.15) is 0 Å². The molecule has 0 aliphatic heterocycles. The Hall–Kier alpha value is -1.83. The predicted molar refractivity (Wildman–Crippen MR) is 78.1 cm³/mol. The molecule has 3 N–H and O–H groups in total. The number of methoxy groups -OCH3 is 1. The molecule has 0 saturated carbocycles. The number of urea groups is 1. The predicted octanol–water partition coefficient (Wildman–Crippen LogP) is 1.82. The van der Waals surface area contributed by atoms with Gasteiger partial charge in [0.2, 0.25) is 0 Å². The van der Waals surface area contributed by atoms with Crippen LogP contribution in [0.25, 0.3) is 0 Å². The van der Waals surface area contributed by atoms with Crippen molar-refractivity contribution in [2.75, 3.05) is 38.8 Å². The maximum Gasteiger partial charge on any atom is 0.337 e. The second kappa shape index (κ2) is 9.17. The molecule has 2 amide bonds. The Kier molecular flexibility index (Phi) is 7.52. The lowest BCUT2D eigenvalue weighted by Crippen LogP contribution is -2.32. The quantitative estimate of drug-likeness (QED) is 0.636. The fourth-order valence-electron chi connectivity index (χ4n) is 1.45. The minimum atomic E-state index is -1.15. The fraction of sp³-hybridized carbons (Fsp3) is 0.385. The zero-order valence-corrected chi connectivity index (χ0v) is 12.3. The van der Waals surface area contributed by atoms with E-state index in [1.54, 1.807) is 7.11 Å². The van der Waals surface area contributed by atoms with Crippen LogP contribution in [0.5, 0.6) is 0 Å². The third-order valence-corrected chi connectivity index (χ3v) is 2.66. The van der Waals surface area contributed by atoms with Crippen molar-refractivity contribution in [3.63, 3.8) is 0 Å². The molecule has 1 aromatic carbocycles. The molecule has 0 atom stereocenters. The number of carboxylic acid groups (broad SMARTS) is 1. The van der Waals surface area contributed by atoms with E-state index in [0.29, 0.717) is 31.4 Å². The number of nitrogens with one attached hydrogen (secondary N) is 2. The van der Waals surface area contributed by atoms with Gasteiger partial charge in [0, 0.05) is 18.7 Å². The van der Waals surface area contributed by atoms with Gasteiger partial charge >= 0.3 is 12.0 Å². The molecule has 116 valence electrons. The number of amides is 2. The molecule has 0 unspecified atom stereocenters. The monoisotopic (exact) mass is 316 g/mol. The lowest BCUT2D eigenvalue weighted by Gasteiger charge is -2.10. The van der Waals surface area contributed by atoms with Crippen LogP contribution >= 0.6 is 11.6 Å². The van der Waals surface area contributed by atoms with Crippen LogP contribution in [0.15, 0.2) is 18.2 Å². The Balaban J connectivity index is 2.44. The first kappa shape index (κ1) is 17.2. The van der Waals surface area contributed by atoms with Gasteiger partial charge in [0.1, 0.15) is 0 Å². The third-order valence-electron chi connectivity index (χ3n) is 2.42. The van der Waals surface area contributed by atoms with E-state index in [1.165, 1.54) is 18.2 Å². The number of aromatic carboxylic acids is 1. The molecule has 0 aliphatic rings. The van der Waals surface area contributed by atoms with E-state index in [-0.39, 0.29) is 11.3 Å². The summed E-state index contributed by atoms with van der Waals surface area (Å²) in [6.45, 7) is 1.55. The van der Waals surface area contributed by atoms with Crippen molar-refractivity contribution in [3.8, 4) is 0 Å². The van der Waals surface area contributed by atoms with Crippen LogP contribution in [0, 0.1) is 0 Å². The van der Waals surface area contributed by atoms with Crippen LogP contribution in [0.2, 0.25) is 5.02 Å². The van der Waals surface area contributed by atoms with Crippen LogP contribution < -0.4 is 10.6 Å². The summed E-state index contributed by atoms with van der Waals surface area (Å²) >= 11 is 5.78. The van der Waals surface area contributed by atoms with Crippen molar-refractivity contribution in [3.05, 3.63) is 28.8 Å². The SMILES string of the molecule is COCCOCCNC(=O)Nc1cc(Cl)ccc1C(=O)O. The van der Waals surface area contributed by atoms with E-state index < -0.39 is 12.0 Å². The third kappa shape index (κ3) is 6.44. The van der Waals surface area contributed by atoms with Crippen molar-refractivity contribution in [2.24, 2.45) is 0 Å². The standard InChI is InChI=1S/C13H17ClN2O5/c1-20-6-7-21-5-4-15-13(19)16-11-8-9(14)2-3-10(11)12(17)18/h2-3,8H,4-7H2,1H3,(H,17,18)(H2,15,16,19). The summed E-state index contributed by atoms with van der Waals surface area (Å²) in [7, 11) is 1.57. The number of ether oxygens (including phenoxy) is 2. The first-order valence-electron chi connectivity index (χ1n) is 6.19. The Morgan fingerprint density at radius 1 is 1.29 bits per heavy atom. The average molecular weight is 317 g/mol. The minimum absolute atomic E-state index is 0.0362. The summed E-state index contributed by atoms with van der Waals surface area (Å²) in [5, 5.41) is 14.3. The zero-order valence-electron chi connectivity index (χ0n) is 11.5. The summed E-state index contributed by atoms with van der Waals surface area (Å²) in [5.74, 6) is -1.15. The van der Waals surface area contributed by atoms with Crippen molar-refractivity contribution < 1.29 is 24.2 Å². The Labute approximate surface area is 127 Å². The molecule has 0 aliphatic carbocycles. The van der Waals surface area contributed by atoms with Crippen LogP contribution in [-0.2, 0) is 9.47 Å². The molecular formula is C13H17ClN2O5. The van der Waals surface area contributed by atoms with Gasteiger partial charge in [-0.3, -0.25) is 0 Å². The highest BCUT2D eigenvalue weighted by Crippen LogP contribution is 2.21. The summed E-state index contributed by atoms with van der Waals surface area (Å²) in [6, 6.07) is 3.61. The highest BCUT2D eigenvalue weighted by molar-refractivity contribution is 6.31. The summed E-state index contributed by atoms with van der Waals surface area (Å²) in [5.41, 5.74) is 0.0960. The van der Waals surface area contributed by atoms with Crippen molar-refractivity contribution >= 4 is 29.3 Å². The average Bonchev–Trinajstić information content (AvgIpc) is 2.42. The Morgan fingerprint density at radius 2 is 2.05 bits per heavy atom. The number of carbonyl (C=O) groups is 2. The van der Waals surface area contributed by atoms with Gasteiger partial charge in [-0.1, -0.05) is 11.6 Å². The van der Waals surface area contributed by atoms with E-state index in [1.807, 2.05) is 0 Å². The Morgan fingerprint density at radius 3 is 2.71 bits per heavy atom. The fourth-order valence-corrected chi connectivity index (χ4v) is 1.63. The summed E-state index contributed by atoms with van der Waals surface area (Å²) < 4.78 is 9.98. The van der Waals surface area contributed by atoms with Gasteiger partial charge in [-0.25, -0.2) is 9.59 Å². The molecule has 0 aromatic heterocycles. The molecule has 7 nitrogen and oxygen atoms in total. The maximum atomic E-state index is 11.6. The van der Waals surface area contributed by atoms with Crippen LogP contribution in [-0.4, -0.2) is 50.6 Å². The molecule has 8 heteroatoms. The highest BCUT2D eigenvalue weighted by atomic mass is 35.5. The molecule has 1 rings (SSSR count). The van der Waals surface area contributed by atoms with Crippen molar-refractivity contribution in [1.82, 2.24) is 5.32 Å². The number of halogens is 1. The molecule has 1 aromatic rings. The number of anilines is 1. The minimum Gasteiger partial charge on any atom is -0.478 e. The molecule has 0 radical (unpaired) electrons. The first-order chi connectivity index (χ1) is 10.0. The Bertz CT molecular complexity index is 495. The molecule has 21 heavy (non-hydrogen) atoms. The lowest BCUT2D eigenvalue weighted by molar-refractivity contribution is 0.0698.